The number of ether oxygens (including phenoxy) is 1. The average Bonchev–Trinajstić information content (AvgIpc) is 2.25. The lowest BCUT2D eigenvalue weighted by molar-refractivity contribution is -0.118. The van der Waals surface area contributed by atoms with Gasteiger partial charge in [0, 0.05) is 5.88 Å². The number of hydrogen-bond acceptors (Lipinski definition) is 2. The number of aryl methyl sites for hydroxylation is 1. The lowest BCUT2D eigenvalue weighted by Gasteiger charge is -2.18. The second kappa shape index (κ2) is 4.53. The van der Waals surface area contributed by atoms with Crippen molar-refractivity contribution in [3.05, 3.63) is 23.8 Å². The molecule has 3 nitrogen and oxygen atoms in total. The zero-order valence-corrected chi connectivity index (χ0v) is 9.01. The van der Waals surface area contributed by atoms with E-state index in [-0.39, 0.29) is 12.5 Å². The monoisotopic (exact) mass is 225 g/mol. The standard InChI is InChI=1S/C11H12ClNO2/c12-5-1-2-8-3-4-10-9(6-8)13-11(14)7-15-10/h3-4,6H,1-2,5,7H2,(H,13,14). The van der Waals surface area contributed by atoms with E-state index in [1.807, 2.05) is 18.2 Å². The van der Waals surface area contributed by atoms with Crippen molar-refractivity contribution >= 4 is 23.2 Å². The minimum absolute atomic E-state index is 0.100. The average molecular weight is 226 g/mol. The van der Waals surface area contributed by atoms with Crippen LogP contribution in [0.25, 0.3) is 0 Å². The molecular formula is C11H12ClNO2. The van der Waals surface area contributed by atoms with Crippen LogP contribution in [0.3, 0.4) is 0 Å². The van der Waals surface area contributed by atoms with Crippen LogP contribution in [0.15, 0.2) is 18.2 Å². The highest BCUT2D eigenvalue weighted by atomic mass is 35.5. The Morgan fingerprint density at radius 3 is 3.13 bits per heavy atom. The third kappa shape index (κ3) is 2.42. The Morgan fingerprint density at radius 1 is 1.47 bits per heavy atom. The summed E-state index contributed by atoms with van der Waals surface area (Å²) < 4.78 is 5.26. The molecule has 1 amide bonds. The maximum atomic E-state index is 11.1. The van der Waals surface area contributed by atoms with E-state index < -0.39 is 0 Å². The van der Waals surface area contributed by atoms with Gasteiger partial charge in [0.25, 0.3) is 5.91 Å². The Bertz CT molecular complexity index is 379. The Balaban J connectivity index is 2.17. The molecule has 1 aromatic rings. The molecule has 0 atom stereocenters. The summed E-state index contributed by atoms with van der Waals surface area (Å²) in [4.78, 5) is 11.1. The fourth-order valence-corrected chi connectivity index (χ4v) is 1.69. The molecule has 0 saturated carbocycles. The topological polar surface area (TPSA) is 38.3 Å². The largest absolute Gasteiger partial charge is 0.482 e. The van der Waals surface area contributed by atoms with Gasteiger partial charge >= 0.3 is 0 Å². The third-order valence-corrected chi connectivity index (χ3v) is 2.54. The number of carbonyl (C=O) groups excluding carboxylic acids is 1. The van der Waals surface area contributed by atoms with E-state index in [1.54, 1.807) is 0 Å². The van der Waals surface area contributed by atoms with E-state index in [0.29, 0.717) is 5.88 Å². The van der Waals surface area contributed by atoms with Gasteiger partial charge in [-0.15, -0.1) is 11.6 Å². The molecule has 1 aliphatic rings. The molecule has 0 radical (unpaired) electrons. The van der Waals surface area contributed by atoms with E-state index in [4.69, 9.17) is 16.3 Å². The second-order valence-corrected chi connectivity index (χ2v) is 3.84. The summed E-state index contributed by atoms with van der Waals surface area (Å²) in [6.45, 7) is 0.105. The maximum Gasteiger partial charge on any atom is 0.262 e. The van der Waals surface area contributed by atoms with Crippen LogP contribution in [0.2, 0.25) is 0 Å². The van der Waals surface area contributed by atoms with Crippen LogP contribution in [0, 0.1) is 0 Å². The molecule has 0 spiro atoms. The van der Waals surface area contributed by atoms with Crippen molar-refractivity contribution in [2.24, 2.45) is 0 Å². The highest BCUT2D eigenvalue weighted by molar-refractivity contribution is 6.17. The number of carbonyl (C=O) groups is 1. The van der Waals surface area contributed by atoms with Gasteiger partial charge < -0.3 is 10.1 Å². The Labute approximate surface area is 93.4 Å². The Morgan fingerprint density at radius 2 is 2.33 bits per heavy atom. The first-order valence-corrected chi connectivity index (χ1v) is 5.44. The van der Waals surface area contributed by atoms with Crippen molar-refractivity contribution in [2.75, 3.05) is 17.8 Å². The number of fused-ring (bicyclic) bond motifs is 1. The van der Waals surface area contributed by atoms with E-state index in [0.717, 1.165) is 24.3 Å². The van der Waals surface area contributed by atoms with Gasteiger partial charge in [-0.3, -0.25) is 4.79 Å². The fourth-order valence-electron chi connectivity index (χ4n) is 1.56. The molecule has 80 valence electrons. The third-order valence-electron chi connectivity index (χ3n) is 2.28. The first-order chi connectivity index (χ1) is 7.29. The summed E-state index contributed by atoms with van der Waals surface area (Å²) >= 11 is 5.62. The molecule has 0 unspecified atom stereocenters. The number of halogens is 1. The Kier molecular flexibility index (Phi) is 3.11. The van der Waals surface area contributed by atoms with E-state index in [2.05, 4.69) is 5.32 Å². The van der Waals surface area contributed by atoms with Crippen LogP contribution in [-0.4, -0.2) is 18.4 Å². The first-order valence-electron chi connectivity index (χ1n) is 4.91. The van der Waals surface area contributed by atoms with E-state index in [1.165, 1.54) is 5.56 Å². The molecule has 0 bridgehead atoms. The van der Waals surface area contributed by atoms with E-state index >= 15 is 0 Å². The summed E-state index contributed by atoms with van der Waals surface area (Å²) in [6, 6.07) is 5.83. The molecule has 0 aromatic heterocycles. The number of nitrogens with one attached hydrogen (secondary N) is 1. The normalized spacial score (nSPS) is 14.1. The molecule has 1 N–H and O–H groups in total. The quantitative estimate of drug-likeness (QED) is 0.801. The van der Waals surface area contributed by atoms with Crippen molar-refractivity contribution in [2.45, 2.75) is 12.8 Å². The molecule has 0 saturated heterocycles. The van der Waals surface area contributed by atoms with Crippen LogP contribution in [0.5, 0.6) is 5.75 Å². The van der Waals surface area contributed by atoms with Gasteiger partial charge in [0.15, 0.2) is 6.61 Å². The van der Waals surface area contributed by atoms with Gasteiger partial charge in [-0.25, -0.2) is 0 Å². The first kappa shape index (κ1) is 10.3. The van der Waals surface area contributed by atoms with Gasteiger partial charge in [0.2, 0.25) is 0 Å². The number of alkyl halides is 1. The van der Waals surface area contributed by atoms with Crippen LogP contribution in [-0.2, 0) is 11.2 Å². The SMILES string of the molecule is O=C1COc2ccc(CCCCl)cc2N1. The maximum absolute atomic E-state index is 11.1. The summed E-state index contributed by atoms with van der Waals surface area (Å²) in [6.07, 6.45) is 1.86. The second-order valence-electron chi connectivity index (χ2n) is 3.46. The molecular weight excluding hydrogens is 214 g/mol. The zero-order chi connectivity index (χ0) is 10.7. The molecule has 0 aliphatic carbocycles. The van der Waals surface area contributed by atoms with Crippen molar-refractivity contribution in [1.82, 2.24) is 0 Å². The number of benzene rings is 1. The van der Waals surface area contributed by atoms with Crippen LogP contribution in [0.1, 0.15) is 12.0 Å². The summed E-state index contributed by atoms with van der Waals surface area (Å²) in [7, 11) is 0. The predicted octanol–water partition coefficient (Wildman–Crippen LogP) is 2.19. The number of anilines is 1. The molecule has 1 aromatic carbocycles. The number of hydrogen-bond donors (Lipinski definition) is 1. The van der Waals surface area contributed by atoms with Gasteiger partial charge in [-0.05, 0) is 30.5 Å². The van der Waals surface area contributed by atoms with Gasteiger partial charge in [-0.2, -0.15) is 0 Å². The molecule has 0 fully saturated rings. The van der Waals surface area contributed by atoms with Gasteiger partial charge in [-0.1, -0.05) is 6.07 Å². The molecule has 15 heavy (non-hydrogen) atoms. The fraction of sp³-hybridized carbons (Fsp3) is 0.364. The minimum Gasteiger partial charge on any atom is -0.482 e. The van der Waals surface area contributed by atoms with Crippen molar-refractivity contribution in [3.8, 4) is 5.75 Å². The highest BCUT2D eigenvalue weighted by Crippen LogP contribution is 2.28. The lowest BCUT2D eigenvalue weighted by atomic mass is 10.1. The summed E-state index contributed by atoms with van der Waals surface area (Å²) in [5.41, 5.74) is 1.93. The smallest absolute Gasteiger partial charge is 0.262 e. The number of rotatable bonds is 3. The van der Waals surface area contributed by atoms with Gasteiger partial charge in [0.05, 0.1) is 5.69 Å². The van der Waals surface area contributed by atoms with Crippen molar-refractivity contribution in [1.29, 1.82) is 0 Å². The summed E-state index contributed by atoms with van der Waals surface area (Å²) in [5.74, 6) is 1.29. The lowest BCUT2D eigenvalue weighted by Crippen LogP contribution is -2.25. The molecule has 2 rings (SSSR count). The molecule has 1 aliphatic heterocycles. The van der Waals surface area contributed by atoms with Crippen LogP contribution < -0.4 is 10.1 Å². The molecule has 4 heteroatoms. The number of amides is 1. The van der Waals surface area contributed by atoms with E-state index in [9.17, 15) is 4.79 Å². The molecule has 1 heterocycles. The minimum atomic E-state index is -0.100. The van der Waals surface area contributed by atoms with Gasteiger partial charge in [0.1, 0.15) is 5.75 Å². The highest BCUT2D eigenvalue weighted by Gasteiger charge is 2.15. The van der Waals surface area contributed by atoms with Crippen molar-refractivity contribution < 1.29 is 9.53 Å². The predicted molar refractivity (Wildman–Crippen MR) is 59.6 cm³/mol. The van der Waals surface area contributed by atoms with Crippen LogP contribution >= 0.6 is 11.6 Å². The van der Waals surface area contributed by atoms with Crippen molar-refractivity contribution in [3.63, 3.8) is 0 Å². The summed E-state index contributed by atoms with van der Waals surface area (Å²) in [5, 5.41) is 2.78. The zero-order valence-electron chi connectivity index (χ0n) is 8.25. The van der Waals surface area contributed by atoms with Crippen LogP contribution in [0.4, 0.5) is 5.69 Å². The Hall–Kier alpha value is -1.22.